The molecule has 0 amide bonds. The molecular formula is C46H46O2P2Si. The molecule has 7 rings (SSSR count). The van der Waals surface area contributed by atoms with Crippen molar-refractivity contribution >= 4 is 55.0 Å². The lowest BCUT2D eigenvalue weighted by molar-refractivity contribution is 0.211. The van der Waals surface area contributed by atoms with E-state index in [1.807, 2.05) is 36.4 Å². The Kier molecular flexibility index (Phi) is 10.6. The number of hydrogen-bond donors (Lipinski definition) is 0. The molecular weight excluding hydrogens is 675 g/mol. The van der Waals surface area contributed by atoms with Gasteiger partial charge >= 0.3 is 0 Å². The third kappa shape index (κ3) is 6.94. The standard InChI is InChI=1S/C46H46O2P2Si/c1-46(2,3)51(42-30-18-8-19-31-42,43-32-20-9-21-33-43)48-44-35-34-41(50(47,39-26-14-6-15-27-39)40-28-16-7-17-29-40)36-45(44)49(37-22-10-4-11-23-37)38-24-12-5-13-25-38/h4-33,36,41,44H,34-35H2,1-3H3/t41?,44-/m0/s1. The van der Waals surface area contributed by atoms with Crippen molar-refractivity contribution in [1.29, 1.82) is 0 Å². The minimum Gasteiger partial charge on any atom is -0.400 e. The number of hydrogen-bond acceptors (Lipinski definition) is 2. The molecule has 2 nitrogen and oxygen atoms in total. The first-order valence-corrected chi connectivity index (χ1v) is 23.0. The lowest BCUT2D eigenvalue weighted by atomic mass is 10.0. The average molecular weight is 721 g/mol. The summed E-state index contributed by atoms with van der Waals surface area (Å²) in [5.74, 6) is 0. The third-order valence-corrected chi connectivity index (χ3v) is 21.3. The molecule has 0 saturated carbocycles. The molecule has 0 saturated heterocycles. The number of benzene rings is 6. The number of rotatable bonds is 10. The summed E-state index contributed by atoms with van der Waals surface area (Å²) in [6.45, 7) is 7.05. The summed E-state index contributed by atoms with van der Waals surface area (Å²) >= 11 is 0. The average Bonchev–Trinajstić information content (AvgIpc) is 3.19. The summed E-state index contributed by atoms with van der Waals surface area (Å²) in [7, 11) is -7.03. The van der Waals surface area contributed by atoms with Crippen LogP contribution in [0, 0.1) is 0 Å². The van der Waals surface area contributed by atoms with E-state index in [1.54, 1.807) is 0 Å². The lowest BCUT2D eigenvalue weighted by Crippen LogP contribution is -2.68. The van der Waals surface area contributed by atoms with Crippen LogP contribution in [-0.4, -0.2) is 20.1 Å². The Labute approximate surface area is 306 Å². The minimum atomic E-state index is -3.10. The molecule has 1 aliphatic carbocycles. The van der Waals surface area contributed by atoms with Gasteiger partial charge in [-0.05, 0) is 52.1 Å². The van der Waals surface area contributed by atoms with Gasteiger partial charge in [0.05, 0.1) is 6.10 Å². The van der Waals surface area contributed by atoms with Crippen molar-refractivity contribution < 1.29 is 8.99 Å². The lowest BCUT2D eigenvalue weighted by Gasteiger charge is -2.47. The SMILES string of the molecule is CC(C)(C)[Si](O[C@H]1CCC(P(=O)(c2ccccc2)c2ccccc2)C=C1P(c1ccccc1)c1ccccc1)(c1ccccc1)c1ccccc1. The Bertz CT molecular complexity index is 1960. The second kappa shape index (κ2) is 15.2. The first kappa shape index (κ1) is 35.3. The van der Waals surface area contributed by atoms with Crippen LogP contribution in [0.15, 0.2) is 193 Å². The Morgan fingerprint density at radius 2 is 0.922 bits per heavy atom. The molecule has 0 radical (unpaired) electrons. The largest absolute Gasteiger partial charge is 0.400 e. The van der Waals surface area contributed by atoms with Crippen LogP contribution < -0.4 is 31.6 Å². The first-order chi connectivity index (χ1) is 24.8. The molecule has 6 aromatic carbocycles. The predicted molar refractivity (Wildman–Crippen MR) is 222 cm³/mol. The topological polar surface area (TPSA) is 26.3 Å². The molecule has 0 aromatic heterocycles. The van der Waals surface area contributed by atoms with Crippen molar-refractivity contribution in [2.75, 3.05) is 0 Å². The fraction of sp³-hybridized carbons (Fsp3) is 0.174. The third-order valence-electron chi connectivity index (χ3n) is 10.2. The second-order valence-corrected chi connectivity index (χ2v) is 23.8. The van der Waals surface area contributed by atoms with Crippen LogP contribution >= 0.6 is 15.1 Å². The van der Waals surface area contributed by atoms with E-state index in [1.165, 1.54) is 26.3 Å². The first-order valence-electron chi connectivity index (χ1n) is 17.9. The molecule has 51 heavy (non-hydrogen) atoms. The van der Waals surface area contributed by atoms with E-state index in [2.05, 4.69) is 172 Å². The highest BCUT2D eigenvalue weighted by Gasteiger charge is 2.53. The monoisotopic (exact) mass is 720 g/mol. The predicted octanol–water partition coefficient (Wildman–Crippen LogP) is 9.12. The molecule has 2 atom stereocenters. The van der Waals surface area contributed by atoms with E-state index in [0.29, 0.717) is 0 Å². The van der Waals surface area contributed by atoms with E-state index in [9.17, 15) is 0 Å². The summed E-state index contributed by atoms with van der Waals surface area (Å²) in [6, 6.07) is 64.1. The van der Waals surface area contributed by atoms with E-state index >= 15 is 4.57 Å². The summed E-state index contributed by atoms with van der Waals surface area (Å²) in [4.78, 5) is 0. The smallest absolute Gasteiger partial charge is 0.261 e. The Balaban J connectivity index is 1.48. The summed E-state index contributed by atoms with van der Waals surface area (Å²) in [5.41, 5.74) is -0.172. The van der Waals surface area contributed by atoms with Crippen molar-refractivity contribution in [1.82, 2.24) is 0 Å². The van der Waals surface area contributed by atoms with Crippen molar-refractivity contribution in [2.24, 2.45) is 0 Å². The van der Waals surface area contributed by atoms with Crippen molar-refractivity contribution in [3.8, 4) is 0 Å². The zero-order valence-electron chi connectivity index (χ0n) is 29.7. The fourth-order valence-corrected chi connectivity index (χ4v) is 18.5. The molecule has 6 aromatic rings. The molecule has 0 heterocycles. The van der Waals surface area contributed by atoms with Gasteiger partial charge in [-0.2, -0.15) is 0 Å². The zero-order chi connectivity index (χ0) is 35.3. The molecule has 0 aliphatic heterocycles. The second-order valence-electron chi connectivity index (χ2n) is 14.3. The molecule has 0 N–H and O–H groups in total. The van der Waals surface area contributed by atoms with Crippen molar-refractivity contribution in [2.45, 2.75) is 50.4 Å². The van der Waals surface area contributed by atoms with Gasteiger partial charge in [0.15, 0.2) is 0 Å². The summed E-state index contributed by atoms with van der Waals surface area (Å²) in [5, 5.41) is 7.99. The highest BCUT2D eigenvalue weighted by molar-refractivity contribution is 7.80. The summed E-state index contributed by atoms with van der Waals surface area (Å²) in [6.07, 6.45) is 3.79. The molecule has 0 spiro atoms. The highest BCUT2D eigenvalue weighted by Crippen LogP contribution is 2.58. The van der Waals surface area contributed by atoms with Gasteiger partial charge in [0.1, 0.15) is 7.14 Å². The molecule has 0 bridgehead atoms. The molecule has 5 heteroatoms. The van der Waals surface area contributed by atoms with Gasteiger partial charge in [-0.25, -0.2) is 0 Å². The van der Waals surface area contributed by atoms with Crippen LogP contribution in [0.5, 0.6) is 0 Å². The van der Waals surface area contributed by atoms with E-state index in [-0.39, 0.29) is 16.8 Å². The molecule has 0 fully saturated rings. The Morgan fingerprint density at radius 1 is 0.549 bits per heavy atom. The van der Waals surface area contributed by atoms with Crippen molar-refractivity contribution in [3.63, 3.8) is 0 Å². The van der Waals surface area contributed by atoms with Gasteiger partial charge in [-0.15, -0.1) is 0 Å². The van der Waals surface area contributed by atoms with Gasteiger partial charge in [-0.3, -0.25) is 0 Å². The van der Waals surface area contributed by atoms with E-state index < -0.39 is 23.4 Å². The van der Waals surface area contributed by atoms with E-state index in [4.69, 9.17) is 4.43 Å². The van der Waals surface area contributed by atoms with Gasteiger partial charge in [-0.1, -0.05) is 209 Å². The van der Waals surface area contributed by atoms with E-state index in [0.717, 1.165) is 23.5 Å². The number of allylic oxidation sites excluding steroid dienone is 1. The normalized spacial score (nSPS) is 16.8. The molecule has 256 valence electrons. The minimum absolute atomic E-state index is 0.168. The Hall–Kier alpha value is -4.10. The van der Waals surface area contributed by atoms with Gasteiger partial charge in [0, 0.05) is 16.3 Å². The van der Waals surface area contributed by atoms with Crippen LogP contribution in [0.3, 0.4) is 0 Å². The quantitative estimate of drug-likeness (QED) is 0.104. The fourth-order valence-electron chi connectivity index (χ4n) is 7.82. The van der Waals surface area contributed by atoms with Crippen LogP contribution in [-0.2, 0) is 8.99 Å². The van der Waals surface area contributed by atoms with Gasteiger partial charge in [0.25, 0.3) is 8.32 Å². The maximum atomic E-state index is 15.9. The highest BCUT2D eigenvalue weighted by atomic mass is 31.2. The molecule has 1 aliphatic rings. The maximum absolute atomic E-state index is 15.9. The van der Waals surface area contributed by atoms with Crippen LogP contribution in [0.1, 0.15) is 33.6 Å². The molecule has 1 unspecified atom stereocenters. The van der Waals surface area contributed by atoms with Crippen molar-refractivity contribution in [3.05, 3.63) is 193 Å². The Morgan fingerprint density at radius 3 is 1.31 bits per heavy atom. The van der Waals surface area contributed by atoms with Crippen LogP contribution in [0.25, 0.3) is 0 Å². The summed E-state index contributed by atoms with van der Waals surface area (Å²) < 4.78 is 24.0. The van der Waals surface area contributed by atoms with Crippen LogP contribution in [0.4, 0.5) is 0 Å². The zero-order valence-corrected chi connectivity index (χ0v) is 32.5. The van der Waals surface area contributed by atoms with Crippen LogP contribution in [0.2, 0.25) is 5.04 Å². The maximum Gasteiger partial charge on any atom is 0.261 e. The van der Waals surface area contributed by atoms with Gasteiger partial charge < -0.3 is 8.99 Å². The van der Waals surface area contributed by atoms with Gasteiger partial charge in [0.2, 0.25) is 0 Å².